The van der Waals surface area contributed by atoms with Crippen molar-refractivity contribution >= 4 is 16.0 Å². The van der Waals surface area contributed by atoms with E-state index in [4.69, 9.17) is 5.11 Å². The number of nitrogens with zero attached hydrogens (tertiary/aromatic N) is 2. The predicted molar refractivity (Wildman–Crippen MR) is 63.4 cm³/mol. The molecule has 0 fully saturated rings. The van der Waals surface area contributed by atoms with E-state index in [0.29, 0.717) is 6.42 Å². The Morgan fingerprint density at radius 3 is 3.06 bits per heavy atom. The summed E-state index contributed by atoms with van der Waals surface area (Å²) in [6.45, 7) is 0. The van der Waals surface area contributed by atoms with Crippen LogP contribution in [-0.4, -0.2) is 35.0 Å². The van der Waals surface area contributed by atoms with E-state index in [-0.39, 0.29) is 6.04 Å². The van der Waals surface area contributed by atoms with Crippen molar-refractivity contribution in [2.75, 3.05) is 5.75 Å². The summed E-state index contributed by atoms with van der Waals surface area (Å²) in [5.41, 5.74) is 1.85. The fourth-order valence-electron chi connectivity index (χ4n) is 2.25. The molecule has 7 nitrogen and oxygen atoms in total. The second-order valence-electron chi connectivity index (χ2n) is 4.39. The van der Waals surface area contributed by atoms with Crippen molar-refractivity contribution in [2.45, 2.75) is 25.3 Å². The van der Waals surface area contributed by atoms with E-state index in [2.05, 4.69) is 9.82 Å². The fourth-order valence-corrected chi connectivity index (χ4v) is 3.34. The molecule has 0 saturated heterocycles. The molecule has 1 aliphatic rings. The third-order valence-electron chi connectivity index (χ3n) is 3.01. The number of aliphatic carboxylic acids is 1. The number of hydrogen-bond acceptors (Lipinski definition) is 4. The van der Waals surface area contributed by atoms with Crippen molar-refractivity contribution < 1.29 is 18.3 Å². The average Bonchev–Trinajstić information content (AvgIpc) is 2.59. The van der Waals surface area contributed by atoms with Crippen LogP contribution in [0.4, 0.5) is 0 Å². The lowest BCUT2D eigenvalue weighted by molar-refractivity contribution is -0.134. The average molecular weight is 273 g/mol. The molecule has 100 valence electrons. The summed E-state index contributed by atoms with van der Waals surface area (Å²) in [5, 5.41) is 12.6. The summed E-state index contributed by atoms with van der Waals surface area (Å²) in [6, 6.07) is -0.369. The first-order valence-electron chi connectivity index (χ1n) is 5.61. The number of carbonyl (C=O) groups is 1. The molecule has 0 aliphatic heterocycles. The van der Waals surface area contributed by atoms with Crippen LogP contribution < -0.4 is 4.72 Å². The van der Waals surface area contributed by atoms with Crippen LogP contribution in [0.2, 0.25) is 0 Å². The molecule has 0 radical (unpaired) electrons. The summed E-state index contributed by atoms with van der Waals surface area (Å²) < 4.78 is 27.4. The quantitative estimate of drug-likeness (QED) is 0.791. The Kier molecular flexibility index (Phi) is 3.40. The molecule has 0 bridgehead atoms. The van der Waals surface area contributed by atoms with Crippen molar-refractivity contribution in [3.05, 3.63) is 17.5 Å². The van der Waals surface area contributed by atoms with Gasteiger partial charge in [0.15, 0.2) is 5.75 Å². The monoisotopic (exact) mass is 273 g/mol. The van der Waals surface area contributed by atoms with Gasteiger partial charge in [-0.3, -0.25) is 9.48 Å². The molecule has 1 heterocycles. The maximum atomic E-state index is 11.6. The van der Waals surface area contributed by atoms with Crippen molar-refractivity contribution in [3.8, 4) is 0 Å². The van der Waals surface area contributed by atoms with E-state index in [1.807, 2.05) is 7.05 Å². The van der Waals surface area contributed by atoms with Gasteiger partial charge in [-0.1, -0.05) is 0 Å². The second kappa shape index (κ2) is 4.69. The Morgan fingerprint density at radius 1 is 1.67 bits per heavy atom. The van der Waals surface area contributed by atoms with E-state index >= 15 is 0 Å². The number of rotatable bonds is 4. The highest BCUT2D eigenvalue weighted by Crippen LogP contribution is 2.29. The van der Waals surface area contributed by atoms with Gasteiger partial charge >= 0.3 is 5.97 Å². The summed E-state index contributed by atoms with van der Waals surface area (Å²) in [5.74, 6) is -2.26. The van der Waals surface area contributed by atoms with Gasteiger partial charge in [-0.05, 0) is 19.3 Å². The van der Waals surface area contributed by atoms with Crippen LogP contribution in [-0.2, 0) is 28.3 Å². The lowest BCUT2D eigenvalue weighted by Crippen LogP contribution is -2.34. The topological polar surface area (TPSA) is 101 Å². The standard InChI is InChI=1S/C10H15N3O4S/c1-13-9-4-2-3-8(7(9)5-11-13)12-18(16,17)6-10(14)15/h5,8,12H,2-4,6H2,1H3,(H,14,15). The molecule has 0 amide bonds. The van der Waals surface area contributed by atoms with Gasteiger partial charge in [0.05, 0.1) is 12.2 Å². The first-order chi connectivity index (χ1) is 8.39. The number of carboxylic acids is 1. The Bertz CT molecular complexity index is 564. The van der Waals surface area contributed by atoms with Gasteiger partial charge in [0.2, 0.25) is 10.0 Å². The largest absolute Gasteiger partial charge is 0.480 e. The van der Waals surface area contributed by atoms with E-state index in [0.717, 1.165) is 24.1 Å². The number of hydrogen-bond donors (Lipinski definition) is 2. The lowest BCUT2D eigenvalue weighted by atomic mass is 9.94. The third-order valence-corrected chi connectivity index (χ3v) is 4.28. The highest BCUT2D eigenvalue weighted by Gasteiger charge is 2.28. The van der Waals surface area contributed by atoms with Gasteiger partial charge in [0.25, 0.3) is 0 Å². The van der Waals surface area contributed by atoms with Crippen LogP contribution >= 0.6 is 0 Å². The van der Waals surface area contributed by atoms with E-state index < -0.39 is 21.7 Å². The SMILES string of the molecule is Cn1ncc2c1CCCC2NS(=O)(=O)CC(=O)O. The molecule has 0 spiro atoms. The Labute approximate surface area is 105 Å². The van der Waals surface area contributed by atoms with Gasteiger partial charge in [-0.15, -0.1) is 0 Å². The summed E-state index contributed by atoms with van der Waals surface area (Å²) >= 11 is 0. The van der Waals surface area contributed by atoms with E-state index in [1.54, 1.807) is 10.9 Å². The van der Waals surface area contributed by atoms with Crippen molar-refractivity contribution in [2.24, 2.45) is 7.05 Å². The Morgan fingerprint density at radius 2 is 2.39 bits per heavy atom. The molecule has 1 aliphatic carbocycles. The van der Waals surface area contributed by atoms with Crippen LogP contribution in [0.3, 0.4) is 0 Å². The van der Waals surface area contributed by atoms with Crippen LogP contribution in [0.5, 0.6) is 0 Å². The van der Waals surface area contributed by atoms with Gasteiger partial charge in [-0.2, -0.15) is 5.10 Å². The zero-order valence-corrected chi connectivity index (χ0v) is 10.8. The Balaban J connectivity index is 2.19. The van der Waals surface area contributed by atoms with Crippen molar-refractivity contribution in [3.63, 3.8) is 0 Å². The Hall–Kier alpha value is -1.41. The predicted octanol–water partition coefficient (Wildman–Crippen LogP) is -0.198. The van der Waals surface area contributed by atoms with E-state index in [9.17, 15) is 13.2 Å². The van der Waals surface area contributed by atoms with Gasteiger partial charge in [0.1, 0.15) is 0 Å². The minimum absolute atomic E-state index is 0.369. The molecule has 1 atom stereocenters. The molecule has 0 aromatic carbocycles. The summed E-state index contributed by atoms with van der Waals surface area (Å²) in [4.78, 5) is 10.5. The molecule has 1 aromatic heterocycles. The normalized spacial score (nSPS) is 19.5. The maximum Gasteiger partial charge on any atom is 0.320 e. The van der Waals surface area contributed by atoms with Crippen molar-refractivity contribution in [1.29, 1.82) is 0 Å². The fraction of sp³-hybridized carbons (Fsp3) is 0.600. The minimum Gasteiger partial charge on any atom is -0.480 e. The van der Waals surface area contributed by atoms with E-state index in [1.165, 1.54) is 0 Å². The third kappa shape index (κ3) is 2.70. The molecule has 2 N–H and O–H groups in total. The molecule has 18 heavy (non-hydrogen) atoms. The minimum atomic E-state index is -3.80. The van der Waals surface area contributed by atoms with Crippen LogP contribution in [0.1, 0.15) is 30.1 Å². The number of carboxylic acid groups (broad SMARTS) is 1. The van der Waals surface area contributed by atoms with Gasteiger partial charge in [0, 0.05) is 18.3 Å². The first-order valence-corrected chi connectivity index (χ1v) is 7.27. The molecule has 1 aromatic rings. The van der Waals surface area contributed by atoms with Crippen LogP contribution in [0.15, 0.2) is 6.20 Å². The second-order valence-corrected chi connectivity index (χ2v) is 6.14. The maximum absolute atomic E-state index is 11.6. The molecule has 2 rings (SSSR count). The number of nitrogens with one attached hydrogen (secondary N) is 1. The molecular weight excluding hydrogens is 258 g/mol. The number of aromatic nitrogens is 2. The van der Waals surface area contributed by atoms with Gasteiger partial charge < -0.3 is 5.11 Å². The lowest BCUT2D eigenvalue weighted by Gasteiger charge is -2.23. The number of sulfonamides is 1. The number of aryl methyl sites for hydroxylation is 1. The number of fused-ring (bicyclic) bond motifs is 1. The smallest absolute Gasteiger partial charge is 0.320 e. The zero-order chi connectivity index (χ0) is 13.3. The summed E-state index contributed by atoms with van der Waals surface area (Å²) in [6.07, 6.45) is 4.02. The molecule has 1 unspecified atom stereocenters. The highest BCUT2D eigenvalue weighted by molar-refractivity contribution is 7.90. The van der Waals surface area contributed by atoms with Crippen LogP contribution in [0, 0.1) is 0 Å². The molecular formula is C10H15N3O4S. The first kappa shape index (κ1) is 13.0. The zero-order valence-electron chi connectivity index (χ0n) is 9.96. The summed E-state index contributed by atoms with van der Waals surface area (Å²) in [7, 11) is -1.99. The molecule has 0 saturated carbocycles. The highest BCUT2D eigenvalue weighted by atomic mass is 32.2. The molecule has 8 heteroatoms. The van der Waals surface area contributed by atoms with Crippen molar-refractivity contribution in [1.82, 2.24) is 14.5 Å². The van der Waals surface area contributed by atoms with Gasteiger partial charge in [-0.25, -0.2) is 13.1 Å². The van der Waals surface area contributed by atoms with Crippen LogP contribution in [0.25, 0.3) is 0 Å².